The quantitative estimate of drug-likeness (QED) is 0.752. The van der Waals surface area contributed by atoms with Crippen LogP contribution in [-0.2, 0) is 0 Å². The number of nitrogens with one attached hydrogen (secondary N) is 1. The zero-order valence-corrected chi connectivity index (χ0v) is 9.47. The average molecular weight is 233 g/mol. The van der Waals surface area contributed by atoms with Gasteiger partial charge >= 0.3 is 0 Å². The van der Waals surface area contributed by atoms with Crippen molar-refractivity contribution in [2.24, 2.45) is 0 Å². The molecule has 0 aromatic carbocycles. The minimum absolute atomic E-state index is 0.157. The molecule has 0 aliphatic heterocycles. The van der Waals surface area contributed by atoms with E-state index in [-0.39, 0.29) is 12.5 Å². The summed E-state index contributed by atoms with van der Waals surface area (Å²) in [6.07, 6.45) is 5.03. The molecule has 5 heteroatoms. The maximum Gasteiger partial charge on any atom is 0.271 e. The van der Waals surface area contributed by atoms with E-state index in [0.29, 0.717) is 18.7 Å². The highest BCUT2D eigenvalue weighted by Gasteiger charge is 2.09. The molecule has 0 aliphatic carbocycles. The number of fused-ring (bicyclic) bond motifs is 1. The van der Waals surface area contributed by atoms with Gasteiger partial charge in [0.1, 0.15) is 11.3 Å². The Morgan fingerprint density at radius 3 is 3.06 bits per heavy atom. The van der Waals surface area contributed by atoms with Crippen LogP contribution in [0.25, 0.3) is 5.65 Å². The number of amides is 1. The first-order valence-corrected chi connectivity index (χ1v) is 5.64. The zero-order chi connectivity index (χ0) is 12.1. The number of pyridine rings is 1. The summed E-state index contributed by atoms with van der Waals surface area (Å²) < 4.78 is 1.81. The molecule has 0 saturated carbocycles. The standard InChI is InChI=1S/C12H15N3O2/c16-8-4-2-6-13-12(17)10-9-15-7-3-1-5-11(15)14-10/h1,3,5,7,9,16H,2,4,6,8H2,(H,13,17). The molecule has 0 bridgehead atoms. The van der Waals surface area contributed by atoms with Gasteiger partial charge in [-0.25, -0.2) is 4.98 Å². The number of rotatable bonds is 5. The van der Waals surface area contributed by atoms with Gasteiger partial charge in [-0.15, -0.1) is 0 Å². The van der Waals surface area contributed by atoms with Crippen LogP contribution in [0.4, 0.5) is 0 Å². The summed E-state index contributed by atoms with van der Waals surface area (Å²) in [5.41, 5.74) is 1.17. The number of imidazole rings is 1. The fraction of sp³-hybridized carbons (Fsp3) is 0.333. The number of aliphatic hydroxyl groups excluding tert-OH is 1. The van der Waals surface area contributed by atoms with Crippen LogP contribution < -0.4 is 5.32 Å². The van der Waals surface area contributed by atoms with E-state index in [2.05, 4.69) is 10.3 Å². The highest BCUT2D eigenvalue weighted by molar-refractivity contribution is 5.92. The Morgan fingerprint density at radius 2 is 2.29 bits per heavy atom. The molecule has 2 rings (SSSR count). The van der Waals surface area contributed by atoms with E-state index in [0.717, 1.165) is 12.1 Å². The van der Waals surface area contributed by atoms with Crippen LogP contribution in [-0.4, -0.2) is 33.6 Å². The molecule has 0 radical (unpaired) electrons. The fourth-order valence-corrected chi connectivity index (χ4v) is 1.57. The maximum absolute atomic E-state index is 11.7. The Kier molecular flexibility index (Phi) is 3.72. The van der Waals surface area contributed by atoms with Crippen molar-refractivity contribution >= 4 is 11.6 Å². The SMILES string of the molecule is O=C(NCCCCO)c1cn2ccccc2n1. The molecule has 0 spiro atoms. The average Bonchev–Trinajstić information content (AvgIpc) is 2.78. The Labute approximate surface area is 99.1 Å². The highest BCUT2D eigenvalue weighted by Crippen LogP contribution is 2.04. The molecule has 0 fully saturated rings. The van der Waals surface area contributed by atoms with Crippen molar-refractivity contribution in [1.29, 1.82) is 0 Å². The van der Waals surface area contributed by atoms with E-state index >= 15 is 0 Å². The van der Waals surface area contributed by atoms with Crippen LogP contribution >= 0.6 is 0 Å². The van der Waals surface area contributed by atoms with Crippen LogP contribution in [0.3, 0.4) is 0 Å². The fourth-order valence-electron chi connectivity index (χ4n) is 1.57. The largest absolute Gasteiger partial charge is 0.396 e. The molecule has 0 aliphatic rings. The highest BCUT2D eigenvalue weighted by atomic mass is 16.2. The summed E-state index contributed by atoms with van der Waals surface area (Å²) in [6.45, 7) is 0.720. The van der Waals surface area contributed by atoms with Gasteiger partial charge in [0.15, 0.2) is 0 Å². The lowest BCUT2D eigenvalue weighted by Crippen LogP contribution is -2.24. The molecule has 2 aromatic heterocycles. The lowest BCUT2D eigenvalue weighted by atomic mass is 10.3. The first-order valence-electron chi connectivity index (χ1n) is 5.64. The van der Waals surface area contributed by atoms with Crippen molar-refractivity contribution in [3.8, 4) is 0 Å². The topological polar surface area (TPSA) is 66.6 Å². The van der Waals surface area contributed by atoms with Crippen LogP contribution in [0, 0.1) is 0 Å². The van der Waals surface area contributed by atoms with Gasteiger partial charge in [0.25, 0.3) is 5.91 Å². The molecule has 0 unspecified atom stereocenters. The minimum atomic E-state index is -0.174. The molecular weight excluding hydrogens is 218 g/mol. The number of aromatic nitrogens is 2. The van der Waals surface area contributed by atoms with Crippen LogP contribution in [0.5, 0.6) is 0 Å². The third-order valence-corrected chi connectivity index (χ3v) is 2.47. The van der Waals surface area contributed by atoms with Crippen LogP contribution in [0.15, 0.2) is 30.6 Å². The number of unbranched alkanes of at least 4 members (excludes halogenated alkanes) is 1. The molecule has 2 heterocycles. The Hall–Kier alpha value is -1.88. The Morgan fingerprint density at radius 1 is 1.41 bits per heavy atom. The lowest BCUT2D eigenvalue weighted by molar-refractivity contribution is 0.0947. The van der Waals surface area contributed by atoms with Gasteiger partial charge < -0.3 is 14.8 Å². The second kappa shape index (κ2) is 5.45. The summed E-state index contributed by atoms with van der Waals surface area (Å²) in [4.78, 5) is 15.9. The lowest BCUT2D eigenvalue weighted by Gasteiger charge is -2.00. The molecule has 5 nitrogen and oxygen atoms in total. The maximum atomic E-state index is 11.7. The number of aliphatic hydroxyl groups is 1. The van der Waals surface area contributed by atoms with Crippen molar-refractivity contribution in [1.82, 2.24) is 14.7 Å². The number of hydrogen-bond donors (Lipinski definition) is 2. The predicted octanol–water partition coefficient (Wildman–Crippen LogP) is 0.837. The molecule has 1 amide bonds. The summed E-state index contributed by atoms with van der Waals surface area (Å²) in [5, 5.41) is 11.4. The van der Waals surface area contributed by atoms with Gasteiger partial charge in [0.2, 0.25) is 0 Å². The zero-order valence-electron chi connectivity index (χ0n) is 9.47. The van der Waals surface area contributed by atoms with Crippen LogP contribution in [0.1, 0.15) is 23.3 Å². The first kappa shape index (κ1) is 11.6. The van der Waals surface area contributed by atoms with Crippen molar-refractivity contribution in [3.63, 3.8) is 0 Å². The Bertz CT molecular complexity index is 474. The van der Waals surface area contributed by atoms with E-state index in [4.69, 9.17) is 5.11 Å². The molecule has 0 atom stereocenters. The van der Waals surface area contributed by atoms with Crippen molar-refractivity contribution in [3.05, 3.63) is 36.3 Å². The molecule has 2 aromatic rings. The molecule has 17 heavy (non-hydrogen) atoms. The van der Waals surface area contributed by atoms with E-state index < -0.39 is 0 Å². The molecule has 90 valence electrons. The number of hydrogen-bond acceptors (Lipinski definition) is 3. The number of carbonyl (C=O) groups is 1. The monoisotopic (exact) mass is 233 g/mol. The van der Waals surface area contributed by atoms with E-state index in [9.17, 15) is 4.79 Å². The van der Waals surface area contributed by atoms with Gasteiger partial charge in [-0.3, -0.25) is 4.79 Å². The van der Waals surface area contributed by atoms with Gasteiger partial charge in [0, 0.05) is 25.5 Å². The van der Waals surface area contributed by atoms with E-state index in [1.807, 2.05) is 28.8 Å². The van der Waals surface area contributed by atoms with Gasteiger partial charge in [-0.2, -0.15) is 0 Å². The van der Waals surface area contributed by atoms with Gasteiger partial charge in [-0.05, 0) is 25.0 Å². The predicted molar refractivity (Wildman–Crippen MR) is 63.8 cm³/mol. The molecule has 0 saturated heterocycles. The van der Waals surface area contributed by atoms with Crippen molar-refractivity contribution in [2.75, 3.05) is 13.2 Å². The normalized spacial score (nSPS) is 10.6. The smallest absolute Gasteiger partial charge is 0.271 e. The third-order valence-electron chi connectivity index (χ3n) is 2.47. The summed E-state index contributed by atoms with van der Waals surface area (Å²) in [5.74, 6) is -0.174. The Balaban J connectivity index is 1.99. The second-order valence-electron chi connectivity index (χ2n) is 3.78. The summed E-state index contributed by atoms with van der Waals surface area (Å²) >= 11 is 0. The number of nitrogens with zero attached hydrogens (tertiary/aromatic N) is 2. The van der Waals surface area contributed by atoms with E-state index in [1.54, 1.807) is 6.20 Å². The minimum Gasteiger partial charge on any atom is -0.396 e. The first-order chi connectivity index (χ1) is 8.31. The summed E-state index contributed by atoms with van der Waals surface area (Å²) in [7, 11) is 0. The van der Waals surface area contributed by atoms with E-state index in [1.165, 1.54) is 0 Å². The second-order valence-corrected chi connectivity index (χ2v) is 3.78. The summed E-state index contributed by atoms with van der Waals surface area (Å²) in [6, 6.07) is 5.62. The van der Waals surface area contributed by atoms with Crippen molar-refractivity contribution in [2.45, 2.75) is 12.8 Å². The van der Waals surface area contributed by atoms with Gasteiger partial charge in [0.05, 0.1) is 0 Å². The molecule has 2 N–H and O–H groups in total. The number of carbonyl (C=O) groups excluding carboxylic acids is 1. The third kappa shape index (κ3) is 2.82. The molecular formula is C12H15N3O2. The van der Waals surface area contributed by atoms with Crippen molar-refractivity contribution < 1.29 is 9.90 Å². The van der Waals surface area contributed by atoms with Crippen LogP contribution in [0.2, 0.25) is 0 Å². The van der Waals surface area contributed by atoms with Gasteiger partial charge in [-0.1, -0.05) is 6.07 Å².